The lowest BCUT2D eigenvalue weighted by molar-refractivity contribution is -0.114. The second-order valence-corrected chi connectivity index (χ2v) is 6.64. The van der Waals surface area contributed by atoms with Gasteiger partial charge in [-0.3, -0.25) is 4.79 Å². The highest BCUT2D eigenvalue weighted by Crippen LogP contribution is 2.38. The minimum Gasteiger partial charge on any atom is -0.370 e. The fourth-order valence-corrected chi connectivity index (χ4v) is 4.21. The van der Waals surface area contributed by atoms with Crippen LogP contribution < -0.4 is 10.6 Å². The van der Waals surface area contributed by atoms with Crippen LogP contribution in [0.4, 0.5) is 10.7 Å². The van der Waals surface area contributed by atoms with Gasteiger partial charge in [0.2, 0.25) is 5.91 Å². The number of anilines is 2. The maximum atomic E-state index is 11.1. The van der Waals surface area contributed by atoms with Crippen molar-refractivity contribution in [2.75, 3.05) is 10.6 Å². The zero-order valence-electron chi connectivity index (χ0n) is 10.1. The lowest BCUT2D eigenvalue weighted by Crippen LogP contribution is -2.04. The van der Waals surface area contributed by atoms with Gasteiger partial charge in [-0.15, -0.1) is 22.7 Å². The molecule has 0 bridgehead atoms. The van der Waals surface area contributed by atoms with Crippen LogP contribution in [0.25, 0.3) is 10.2 Å². The van der Waals surface area contributed by atoms with Gasteiger partial charge in [-0.1, -0.05) is 6.07 Å². The Kier molecular flexibility index (Phi) is 3.50. The lowest BCUT2D eigenvalue weighted by Gasteiger charge is -1.99. The standard InChI is InChI=1S/C12H11N3OS3/c1-7(16)14-9-6-18-11-10(9)15-19-12(11)13-5-8-3-2-4-17-8/h2-4,6,13H,5H2,1H3,(H,14,16). The first kappa shape index (κ1) is 12.6. The van der Waals surface area contributed by atoms with E-state index < -0.39 is 0 Å². The number of nitrogens with zero attached hydrogens (tertiary/aromatic N) is 1. The van der Waals surface area contributed by atoms with E-state index in [1.54, 1.807) is 22.7 Å². The van der Waals surface area contributed by atoms with Crippen molar-refractivity contribution in [3.63, 3.8) is 0 Å². The zero-order chi connectivity index (χ0) is 13.2. The maximum Gasteiger partial charge on any atom is 0.221 e. The van der Waals surface area contributed by atoms with Gasteiger partial charge in [0.25, 0.3) is 0 Å². The fraction of sp³-hybridized carbons (Fsp3) is 0.167. The molecule has 0 unspecified atom stereocenters. The number of carbonyl (C=O) groups is 1. The Balaban J connectivity index is 1.81. The summed E-state index contributed by atoms with van der Waals surface area (Å²) in [4.78, 5) is 12.4. The van der Waals surface area contributed by atoms with Crippen molar-refractivity contribution >= 4 is 61.0 Å². The molecule has 0 aliphatic carbocycles. The van der Waals surface area contributed by atoms with E-state index in [0.29, 0.717) is 0 Å². The highest BCUT2D eigenvalue weighted by atomic mass is 32.1. The average Bonchev–Trinajstić information content (AvgIpc) is 3.05. The number of amides is 1. The van der Waals surface area contributed by atoms with Crippen molar-refractivity contribution in [2.45, 2.75) is 13.5 Å². The second-order valence-electron chi connectivity index (χ2n) is 3.95. The number of carbonyl (C=O) groups excluding carboxylic acids is 1. The number of hydrogen-bond donors (Lipinski definition) is 2. The van der Waals surface area contributed by atoms with E-state index in [-0.39, 0.29) is 5.91 Å². The number of fused-ring (bicyclic) bond motifs is 1. The van der Waals surface area contributed by atoms with E-state index >= 15 is 0 Å². The molecule has 0 aliphatic heterocycles. The summed E-state index contributed by atoms with van der Waals surface area (Å²) in [6.45, 7) is 2.31. The van der Waals surface area contributed by atoms with Gasteiger partial charge in [0, 0.05) is 17.2 Å². The fourth-order valence-electron chi connectivity index (χ4n) is 1.71. The van der Waals surface area contributed by atoms with Gasteiger partial charge in [0.1, 0.15) is 10.5 Å². The van der Waals surface area contributed by atoms with Crippen molar-refractivity contribution in [3.8, 4) is 0 Å². The molecule has 0 fully saturated rings. The largest absolute Gasteiger partial charge is 0.370 e. The highest BCUT2D eigenvalue weighted by molar-refractivity contribution is 7.24. The molecule has 4 nitrogen and oxygen atoms in total. The van der Waals surface area contributed by atoms with Crippen molar-refractivity contribution < 1.29 is 4.79 Å². The van der Waals surface area contributed by atoms with Gasteiger partial charge < -0.3 is 10.6 Å². The number of hydrogen-bond acceptors (Lipinski definition) is 6. The molecular formula is C12H11N3OS3. The number of nitrogens with one attached hydrogen (secondary N) is 2. The molecule has 0 spiro atoms. The molecule has 7 heteroatoms. The molecule has 0 saturated carbocycles. The zero-order valence-corrected chi connectivity index (χ0v) is 12.5. The van der Waals surface area contributed by atoms with Crippen LogP contribution in [0.15, 0.2) is 22.9 Å². The van der Waals surface area contributed by atoms with Gasteiger partial charge in [-0.2, -0.15) is 4.37 Å². The van der Waals surface area contributed by atoms with Gasteiger partial charge >= 0.3 is 0 Å². The average molecular weight is 309 g/mol. The van der Waals surface area contributed by atoms with Crippen LogP contribution in [-0.2, 0) is 11.3 Å². The summed E-state index contributed by atoms with van der Waals surface area (Å²) in [5, 5.41) is 11.3. The second kappa shape index (κ2) is 5.28. The summed E-state index contributed by atoms with van der Waals surface area (Å²) in [7, 11) is 0. The SMILES string of the molecule is CC(=O)Nc1csc2c(NCc3cccs3)snc12. The Bertz CT molecular complexity index is 699. The molecule has 1 amide bonds. The van der Waals surface area contributed by atoms with Crippen LogP contribution in [0.5, 0.6) is 0 Å². The van der Waals surface area contributed by atoms with Crippen molar-refractivity contribution in [3.05, 3.63) is 27.8 Å². The smallest absolute Gasteiger partial charge is 0.221 e. The van der Waals surface area contributed by atoms with Crippen molar-refractivity contribution in [2.24, 2.45) is 0 Å². The third kappa shape index (κ3) is 2.63. The summed E-state index contributed by atoms with van der Waals surface area (Å²) in [5.74, 6) is -0.0687. The molecule has 0 saturated heterocycles. The predicted molar refractivity (Wildman–Crippen MR) is 83.4 cm³/mol. The predicted octanol–water partition coefficient (Wildman–Crippen LogP) is 3.99. The Morgan fingerprint density at radius 1 is 1.42 bits per heavy atom. The summed E-state index contributed by atoms with van der Waals surface area (Å²) >= 11 is 4.77. The first-order chi connectivity index (χ1) is 9.24. The molecule has 0 aliphatic rings. The van der Waals surface area contributed by atoms with Crippen LogP contribution in [0.2, 0.25) is 0 Å². The summed E-state index contributed by atoms with van der Waals surface area (Å²) in [5.41, 5.74) is 1.67. The van der Waals surface area contributed by atoms with E-state index in [4.69, 9.17) is 0 Å². The molecule has 3 heterocycles. The van der Waals surface area contributed by atoms with Gasteiger partial charge in [0.15, 0.2) is 0 Å². The molecule has 0 atom stereocenters. The molecule has 19 heavy (non-hydrogen) atoms. The van der Waals surface area contributed by atoms with Gasteiger partial charge in [-0.25, -0.2) is 0 Å². The first-order valence-electron chi connectivity index (χ1n) is 5.65. The van der Waals surface area contributed by atoms with Gasteiger partial charge in [-0.05, 0) is 23.0 Å². The molecule has 3 aromatic heterocycles. The van der Waals surface area contributed by atoms with E-state index in [0.717, 1.165) is 27.4 Å². The molecule has 2 N–H and O–H groups in total. The molecular weight excluding hydrogens is 298 g/mol. The number of aromatic nitrogens is 1. The van der Waals surface area contributed by atoms with Crippen LogP contribution in [0.3, 0.4) is 0 Å². The van der Waals surface area contributed by atoms with Crippen LogP contribution in [0.1, 0.15) is 11.8 Å². The van der Waals surface area contributed by atoms with Gasteiger partial charge in [0.05, 0.1) is 16.9 Å². The molecule has 3 aromatic rings. The van der Waals surface area contributed by atoms with E-state index in [1.165, 1.54) is 23.3 Å². The Hall–Kier alpha value is -1.44. The minimum absolute atomic E-state index is 0.0687. The lowest BCUT2D eigenvalue weighted by atomic mass is 10.4. The highest BCUT2D eigenvalue weighted by Gasteiger charge is 2.13. The Morgan fingerprint density at radius 2 is 2.32 bits per heavy atom. The quantitative estimate of drug-likeness (QED) is 0.766. The minimum atomic E-state index is -0.0687. The first-order valence-corrected chi connectivity index (χ1v) is 8.18. The third-order valence-corrected chi connectivity index (χ3v) is 5.31. The number of rotatable bonds is 4. The summed E-state index contributed by atoms with van der Waals surface area (Å²) < 4.78 is 5.51. The molecule has 0 radical (unpaired) electrons. The van der Waals surface area contributed by atoms with E-state index in [9.17, 15) is 4.79 Å². The topological polar surface area (TPSA) is 54.0 Å². The normalized spacial score (nSPS) is 10.8. The monoisotopic (exact) mass is 309 g/mol. The van der Waals surface area contributed by atoms with Crippen molar-refractivity contribution in [1.29, 1.82) is 0 Å². The Labute approximate surface area is 122 Å². The number of thiophene rings is 2. The molecule has 0 aromatic carbocycles. The van der Waals surface area contributed by atoms with Crippen molar-refractivity contribution in [1.82, 2.24) is 4.37 Å². The van der Waals surface area contributed by atoms with E-state index in [1.807, 2.05) is 11.4 Å². The van der Waals surface area contributed by atoms with Crippen LogP contribution in [0, 0.1) is 0 Å². The molecule has 3 rings (SSSR count). The van der Waals surface area contributed by atoms with E-state index in [2.05, 4.69) is 26.5 Å². The maximum absolute atomic E-state index is 11.1. The van der Waals surface area contributed by atoms with Crippen LogP contribution >= 0.6 is 34.2 Å². The van der Waals surface area contributed by atoms with Crippen LogP contribution in [-0.4, -0.2) is 10.3 Å². The summed E-state index contributed by atoms with van der Waals surface area (Å²) in [6.07, 6.45) is 0. The summed E-state index contributed by atoms with van der Waals surface area (Å²) in [6, 6.07) is 4.15. The Morgan fingerprint density at radius 3 is 3.05 bits per heavy atom. The molecule has 98 valence electrons. The third-order valence-electron chi connectivity index (χ3n) is 2.51.